The summed E-state index contributed by atoms with van der Waals surface area (Å²) >= 11 is 0. The van der Waals surface area contributed by atoms with E-state index in [1.807, 2.05) is 23.1 Å². The Bertz CT molecular complexity index is 1250. The Morgan fingerprint density at radius 3 is 2.55 bits per heavy atom. The van der Waals surface area contributed by atoms with Crippen molar-refractivity contribution >= 4 is 16.5 Å². The molecule has 33 heavy (non-hydrogen) atoms. The van der Waals surface area contributed by atoms with Gasteiger partial charge in [-0.25, -0.2) is 0 Å². The van der Waals surface area contributed by atoms with Crippen LogP contribution in [0.1, 0.15) is 18.4 Å². The van der Waals surface area contributed by atoms with Crippen LogP contribution in [0.25, 0.3) is 22.0 Å². The second-order valence-electron chi connectivity index (χ2n) is 8.89. The molecule has 0 saturated carbocycles. The van der Waals surface area contributed by atoms with Crippen molar-refractivity contribution in [1.29, 1.82) is 0 Å². The van der Waals surface area contributed by atoms with E-state index in [0.717, 1.165) is 52.2 Å². The van der Waals surface area contributed by atoms with E-state index < -0.39 is 12.1 Å². The maximum absolute atomic E-state index is 13.2. The molecule has 3 aliphatic rings. The molecule has 0 aliphatic carbocycles. The average Bonchev–Trinajstić information content (AvgIpc) is 3.27. The van der Waals surface area contributed by atoms with E-state index in [4.69, 9.17) is 14.2 Å². The fourth-order valence-electron chi connectivity index (χ4n) is 5.33. The lowest BCUT2D eigenvalue weighted by molar-refractivity contribution is -0.686. The van der Waals surface area contributed by atoms with Gasteiger partial charge in [-0.2, -0.15) is 17.7 Å². The number of rotatable bonds is 2. The molecule has 1 aromatic heterocycles. The van der Waals surface area contributed by atoms with Crippen LogP contribution in [0.4, 0.5) is 18.9 Å². The second kappa shape index (κ2) is 7.43. The predicted octanol–water partition coefficient (Wildman–Crippen LogP) is 4.87. The van der Waals surface area contributed by atoms with Gasteiger partial charge >= 0.3 is 6.18 Å². The molecule has 1 fully saturated rings. The largest absolute Gasteiger partial charge is 0.495 e. The number of aromatic nitrogens is 1. The van der Waals surface area contributed by atoms with E-state index in [0.29, 0.717) is 18.8 Å². The Labute approximate surface area is 189 Å². The van der Waals surface area contributed by atoms with Crippen LogP contribution in [0.3, 0.4) is 0 Å². The van der Waals surface area contributed by atoms with E-state index in [-0.39, 0.29) is 19.6 Å². The number of anilines is 1. The van der Waals surface area contributed by atoms with E-state index in [1.54, 1.807) is 7.11 Å². The number of benzene rings is 2. The minimum atomic E-state index is -4.13. The molecule has 0 unspecified atom stereocenters. The number of methoxy groups -OCH3 is 1. The maximum Gasteiger partial charge on any atom is 0.391 e. The highest BCUT2D eigenvalue weighted by atomic mass is 19.4. The monoisotopic (exact) mass is 457 g/mol. The first-order chi connectivity index (χ1) is 15.9. The van der Waals surface area contributed by atoms with Crippen LogP contribution in [0.2, 0.25) is 0 Å². The van der Waals surface area contributed by atoms with Crippen molar-refractivity contribution in [3.05, 3.63) is 42.1 Å². The van der Waals surface area contributed by atoms with Gasteiger partial charge in [0.2, 0.25) is 12.5 Å². The Morgan fingerprint density at radius 1 is 1.06 bits per heavy atom. The van der Waals surface area contributed by atoms with Crippen molar-refractivity contribution in [3.8, 4) is 28.5 Å². The maximum atomic E-state index is 13.2. The zero-order valence-electron chi connectivity index (χ0n) is 18.2. The topological polar surface area (TPSA) is 34.8 Å². The highest BCUT2D eigenvalue weighted by Crippen LogP contribution is 2.43. The summed E-state index contributed by atoms with van der Waals surface area (Å²) in [5, 5.41) is 2.02. The Kier molecular flexibility index (Phi) is 4.61. The molecule has 0 bridgehead atoms. The van der Waals surface area contributed by atoms with Gasteiger partial charge < -0.3 is 19.1 Å². The van der Waals surface area contributed by atoms with E-state index >= 15 is 0 Å². The molecule has 0 radical (unpaired) electrons. The highest BCUT2D eigenvalue weighted by Gasteiger charge is 2.41. The molecule has 2 aromatic carbocycles. The number of pyridine rings is 1. The first-order valence-corrected chi connectivity index (χ1v) is 11.2. The molecule has 0 amide bonds. The molecule has 3 aliphatic heterocycles. The molecule has 6 rings (SSSR count). The van der Waals surface area contributed by atoms with Crippen LogP contribution in [-0.4, -0.2) is 33.2 Å². The number of ether oxygens (including phenoxy) is 3. The third kappa shape index (κ3) is 3.34. The predicted molar refractivity (Wildman–Crippen MR) is 117 cm³/mol. The average molecular weight is 457 g/mol. The molecular formula is C25H24F3N2O3+. The Morgan fingerprint density at radius 2 is 1.82 bits per heavy atom. The van der Waals surface area contributed by atoms with Gasteiger partial charge in [0.05, 0.1) is 29.7 Å². The molecule has 3 aromatic rings. The molecule has 0 N–H and O–H groups in total. The quantitative estimate of drug-likeness (QED) is 0.515. The molecule has 172 valence electrons. The summed E-state index contributed by atoms with van der Waals surface area (Å²) in [4.78, 5) is 2.05. The van der Waals surface area contributed by atoms with Gasteiger partial charge in [0.1, 0.15) is 5.75 Å². The van der Waals surface area contributed by atoms with Gasteiger partial charge in [0.15, 0.2) is 24.2 Å². The van der Waals surface area contributed by atoms with Gasteiger partial charge in [-0.15, -0.1) is 0 Å². The molecule has 4 heterocycles. The van der Waals surface area contributed by atoms with Crippen LogP contribution in [0.5, 0.6) is 17.2 Å². The lowest BCUT2D eigenvalue weighted by atomic mass is 9.93. The van der Waals surface area contributed by atoms with E-state index in [1.165, 1.54) is 5.56 Å². The first kappa shape index (κ1) is 20.4. The Balaban J connectivity index is 1.43. The summed E-state index contributed by atoms with van der Waals surface area (Å²) in [5.41, 5.74) is 4.31. The molecule has 5 nitrogen and oxygen atoms in total. The Hall–Kier alpha value is -3.16. The van der Waals surface area contributed by atoms with E-state index in [9.17, 15) is 13.2 Å². The molecule has 8 heteroatoms. The van der Waals surface area contributed by atoms with Crippen molar-refractivity contribution in [2.75, 3.05) is 31.9 Å². The number of nitrogens with zero attached hydrogens (tertiary/aromatic N) is 2. The van der Waals surface area contributed by atoms with Crippen molar-refractivity contribution in [2.45, 2.75) is 32.0 Å². The number of aryl methyl sites for hydroxylation is 2. The number of fused-ring (bicyclic) bond motifs is 5. The number of hydrogen-bond acceptors (Lipinski definition) is 4. The second-order valence-corrected chi connectivity index (χ2v) is 8.89. The minimum Gasteiger partial charge on any atom is -0.495 e. The van der Waals surface area contributed by atoms with Gasteiger partial charge in [0, 0.05) is 25.6 Å². The third-order valence-electron chi connectivity index (χ3n) is 7.09. The van der Waals surface area contributed by atoms with Crippen LogP contribution in [0, 0.1) is 5.92 Å². The molecule has 1 saturated heterocycles. The SMILES string of the molecule is COc1ccc2cc3[n+](cc2c1N1CCC(C(F)(F)F)CC1)CCc1cc2c(cc1-3)OCO2. The fraction of sp³-hybridized carbons (Fsp3) is 0.400. The summed E-state index contributed by atoms with van der Waals surface area (Å²) in [6.45, 7) is 1.76. The lowest BCUT2D eigenvalue weighted by Crippen LogP contribution is -2.41. The normalized spacial score (nSPS) is 17.8. The van der Waals surface area contributed by atoms with Crippen molar-refractivity contribution in [3.63, 3.8) is 0 Å². The molecule has 0 spiro atoms. The summed E-state index contributed by atoms with van der Waals surface area (Å²) < 4.78 is 58.6. The highest BCUT2D eigenvalue weighted by molar-refractivity contribution is 5.98. The third-order valence-corrected chi connectivity index (χ3v) is 7.09. The van der Waals surface area contributed by atoms with Gasteiger partial charge in [-0.1, -0.05) is 6.07 Å². The van der Waals surface area contributed by atoms with Crippen LogP contribution in [0.15, 0.2) is 36.5 Å². The van der Waals surface area contributed by atoms with Crippen LogP contribution < -0.4 is 23.7 Å². The smallest absolute Gasteiger partial charge is 0.391 e. The zero-order valence-corrected chi connectivity index (χ0v) is 18.2. The van der Waals surface area contributed by atoms with Crippen molar-refractivity contribution < 1.29 is 31.9 Å². The van der Waals surface area contributed by atoms with Crippen molar-refractivity contribution in [2.24, 2.45) is 5.92 Å². The summed E-state index contributed by atoms with van der Waals surface area (Å²) in [7, 11) is 1.61. The van der Waals surface area contributed by atoms with Crippen LogP contribution in [-0.2, 0) is 13.0 Å². The number of halogens is 3. The number of alkyl halides is 3. The van der Waals surface area contributed by atoms with Gasteiger partial charge in [0.25, 0.3) is 0 Å². The number of hydrogen-bond donors (Lipinski definition) is 0. The number of piperidine rings is 1. The van der Waals surface area contributed by atoms with E-state index in [2.05, 4.69) is 22.9 Å². The van der Waals surface area contributed by atoms with Gasteiger partial charge in [-0.05, 0) is 42.0 Å². The standard InChI is InChI=1S/C25H24F3N2O3/c1-31-21-3-2-15-10-20-18-12-23-22(32-14-33-23)11-16(18)4-7-30(20)13-19(15)24(21)29-8-5-17(6-9-29)25(26,27)28/h2-3,10-13,17H,4-9,14H2,1H3/q+1. The first-order valence-electron chi connectivity index (χ1n) is 11.2. The zero-order chi connectivity index (χ0) is 22.7. The fourth-order valence-corrected chi connectivity index (χ4v) is 5.33. The van der Waals surface area contributed by atoms with Crippen LogP contribution >= 0.6 is 0 Å². The molecule has 0 atom stereocenters. The summed E-state index contributed by atoms with van der Waals surface area (Å²) in [6.07, 6.45) is -0.952. The molecular weight excluding hydrogens is 433 g/mol. The van der Waals surface area contributed by atoms with Gasteiger partial charge in [-0.3, -0.25) is 0 Å². The summed E-state index contributed by atoms with van der Waals surface area (Å²) in [6, 6.07) is 10.2. The van der Waals surface area contributed by atoms with Crippen molar-refractivity contribution in [1.82, 2.24) is 0 Å². The summed E-state index contributed by atoms with van der Waals surface area (Å²) in [5.74, 6) is 0.997. The minimum absolute atomic E-state index is 0.0989. The lowest BCUT2D eigenvalue weighted by Gasteiger charge is -2.35.